The highest BCUT2D eigenvalue weighted by molar-refractivity contribution is 5.94. The number of rotatable bonds is 3. The molecule has 0 aliphatic rings. The van der Waals surface area contributed by atoms with E-state index in [2.05, 4.69) is 10.3 Å². The van der Waals surface area contributed by atoms with Crippen molar-refractivity contribution in [2.24, 2.45) is 7.05 Å². The molecule has 130 valence electrons. The number of hydrogen-bond acceptors (Lipinski definition) is 2. The maximum Gasteiger partial charge on any atom is 0.416 e. The molecule has 3 rings (SSSR count). The van der Waals surface area contributed by atoms with Crippen LogP contribution in [0.4, 0.5) is 13.2 Å². The van der Waals surface area contributed by atoms with Crippen LogP contribution in [0.15, 0.2) is 42.5 Å². The van der Waals surface area contributed by atoms with Gasteiger partial charge in [0.25, 0.3) is 5.91 Å². The molecular formula is C18H16F3N3O. The maximum atomic E-state index is 12.5. The number of aryl methyl sites for hydroxylation is 2. The van der Waals surface area contributed by atoms with Gasteiger partial charge in [-0.15, -0.1) is 0 Å². The van der Waals surface area contributed by atoms with Crippen LogP contribution in [-0.4, -0.2) is 15.5 Å². The molecule has 4 nitrogen and oxygen atoms in total. The van der Waals surface area contributed by atoms with E-state index < -0.39 is 17.6 Å². The minimum absolute atomic E-state index is 0.183. The van der Waals surface area contributed by atoms with Crippen molar-refractivity contribution in [3.05, 3.63) is 65.0 Å². The third-order valence-electron chi connectivity index (χ3n) is 4.10. The molecular weight excluding hydrogens is 331 g/mol. The standard InChI is InChI=1S/C18H16F3N3O/c1-11-23-15-9-12(3-8-16(15)24(11)2)10-22-17(25)13-4-6-14(7-5-13)18(19,20)21/h3-9H,10H2,1-2H3,(H,22,25). The number of benzene rings is 2. The monoisotopic (exact) mass is 347 g/mol. The molecule has 0 saturated carbocycles. The van der Waals surface area contributed by atoms with Crippen LogP contribution >= 0.6 is 0 Å². The van der Waals surface area contributed by atoms with Gasteiger partial charge < -0.3 is 9.88 Å². The van der Waals surface area contributed by atoms with Crippen LogP contribution in [0.1, 0.15) is 27.3 Å². The number of carbonyl (C=O) groups excluding carboxylic acids is 1. The van der Waals surface area contributed by atoms with E-state index in [4.69, 9.17) is 0 Å². The van der Waals surface area contributed by atoms with Crippen LogP contribution in [-0.2, 0) is 19.8 Å². The Morgan fingerprint density at radius 3 is 2.48 bits per heavy atom. The number of carbonyl (C=O) groups is 1. The fourth-order valence-corrected chi connectivity index (χ4v) is 2.57. The van der Waals surface area contributed by atoms with Crippen molar-refractivity contribution in [1.82, 2.24) is 14.9 Å². The number of halogens is 3. The molecule has 0 saturated heterocycles. The Morgan fingerprint density at radius 2 is 1.84 bits per heavy atom. The highest BCUT2D eigenvalue weighted by atomic mass is 19.4. The fourth-order valence-electron chi connectivity index (χ4n) is 2.57. The Bertz CT molecular complexity index is 927. The van der Waals surface area contributed by atoms with Gasteiger partial charge in [-0.3, -0.25) is 4.79 Å². The Morgan fingerprint density at radius 1 is 1.16 bits per heavy atom. The number of nitrogens with zero attached hydrogens (tertiary/aromatic N) is 2. The fraction of sp³-hybridized carbons (Fsp3) is 0.222. The van der Waals surface area contributed by atoms with Crippen molar-refractivity contribution >= 4 is 16.9 Å². The van der Waals surface area contributed by atoms with Gasteiger partial charge >= 0.3 is 6.18 Å². The summed E-state index contributed by atoms with van der Waals surface area (Å²) in [5, 5.41) is 2.70. The number of aromatic nitrogens is 2. The van der Waals surface area contributed by atoms with Crippen LogP contribution in [0.5, 0.6) is 0 Å². The van der Waals surface area contributed by atoms with E-state index in [1.165, 1.54) is 12.1 Å². The predicted molar refractivity (Wildman–Crippen MR) is 88.1 cm³/mol. The van der Waals surface area contributed by atoms with Crippen molar-refractivity contribution in [2.45, 2.75) is 19.6 Å². The zero-order valence-electron chi connectivity index (χ0n) is 13.7. The molecule has 1 heterocycles. The number of imidazole rings is 1. The van der Waals surface area contributed by atoms with E-state index in [9.17, 15) is 18.0 Å². The van der Waals surface area contributed by atoms with Gasteiger partial charge in [-0.25, -0.2) is 4.98 Å². The van der Waals surface area contributed by atoms with E-state index in [-0.39, 0.29) is 12.1 Å². The second kappa shape index (κ2) is 6.23. The Balaban J connectivity index is 1.69. The minimum Gasteiger partial charge on any atom is -0.348 e. The van der Waals surface area contributed by atoms with Crippen molar-refractivity contribution in [3.63, 3.8) is 0 Å². The van der Waals surface area contributed by atoms with Gasteiger partial charge in [0.05, 0.1) is 16.6 Å². The van der Waals surface area contributed by atoms with Crippen molar-refractivity contribution in [2.75, 3.05) is 0 Å². The average Bonchev–Trinajstić information content (AvgIpc) is 2.86. The van der Waals surface area contributed by atoms with Gasteiger partial charge in [-0.1, -0.05) is 6.07 Å². The molecule has 0 fully saturated rings. The molecule has 1 aromatic heterocycles. The SMILES string of the molecule is Cc1nc2cc(CNC(=O)c3ccc(C(F)(F)F)cc3)ccc2n1C. The van der Waals surface area contributed by atoms with Crippen LogP contribution in [0.3, 0.4) is 0 Å². The summed E-state index contributed by atoms with van der Waals surface area (Å²) in [7, 11) is 1.93. The number of alkyl halides is 3. The molecule has 1 amide bonds. The molecule has 0 spiro atoms. The largest absolute Gasteiger partial charge is 0.416 e. The molecule has 3 aromatic rings. The molecule has 0 aliphatic heterocycles. The van der Waals surface area contributed by atoms with E-state index in [1.54, 1.807) is 0 Å². The van der Waals surface area contributed by atoms with Gasteiger partial charge in [-0.05, 0) is 48.9 Å². The topological polar surface area (TPSA) is 46.9 Å². The number of nitrogens with one attached hydrogen (secondary N) is 1. The average molecular weight is 347 g/mol. The molecule has 1 N–H and O–H groups in total. The first-order valence-corrected chi connectivity index (χ1v) is 7.63. The zero-order chi connectivity index (χ0) is 18.2. The summed E-state index contributed by atoms with van der Waals surface area (Å²) in [5.74, 6) is 0.465. The Labute approximate surface area is 142 Å². The summed E-state index contributed by atoms with van der Waals surface area (Å²) in [6, 6.07) is 9.84. The van der Waals surface area contributed by atoms with Gasteiger partial charge in [0.1, 0.15) is 5.82 Å². The molecule has 2 aromatic carbocycles. The number of amides is 1. The summed E-state index contributed by atoms with van der Waals surface area (Å²) in [5.41, 5.74) is 2.10. The first kappa shape index (κ1) is 17.0. The first-order chi connectivity index (χ1) is 11.8. The van der Waals surface area contributed by atoms with Gasteiger partial charge in [0, 0.05) is 19.2 Å². The van der Waals surface area contributed by atoms with E-state index in [1.807, 2.05) is 36.7 Å². The summed E-state index contributed by atoms with van der Waals surface area (Å²) < 4.78 is 39.6. The molecule has 0 bridgehead atoms. The lowest BCUT2D eigenvalue weighted by molar-refractivity contribution is -0.137. The van der Waals surface area contributed by atoms with Crippen LogP contribution in [0, 0.1) is 6.92 Å². The minimum atomic E-state index is -4.41. The maximum absolute atomic E-state index is 12.5. The summed E-state index contributed by atoms with van der Waals surface area (Å²) in [4.78, 5) is 16.5. The summed E-state index contributed by atoms with van der Waals surface area (Å²) >= 11 is 0. The van der Waals surface area contributed by atoms with Crippen LogP contribution in [0.25, 0.3) is 11.0 Å². The van der Waals surface area contributed by atoms with E-state index in [0.29, 0.717) is 0 Å². The van der Waals surface area contributed by atoms with Crippen molar-refractivity contribution in [3.8, 4) is 0 Å². The molecule has 0 unspecified atom stereocenters. The first-order valence-electron chi connectivity index (χ1n) is 7.63. The zero-order valence-corrected chi connectivity index (χ0v) is 13.7. The molecule has 7 heteroatoms. The molecule has 25 heavy (non-hydrogen) atoms. The highest BCUT2D eigenvalue weighted by Gasteiger charge is 2.30. The van der Waals surface area contributed by atoms with Crippen LogP contribution < -0.4 is 5.32 Å². The molecule has 0 atom stereocenters. The van der Waals surface area contributed by atoms with Crippen molar-refractivity contribution in [1.29, 1.82) is 0 Å². The van der Waals surface area contributed by atoms with Gasteiger partial charge in [0.15, 0.2) is 0 Å². The second-order valence-electron chi connectivity index (χ2n) is 5.80. The smallest absolute Gasteiger partial charge is 0.348 e. The van der Waals surface area contributed by atoms with Crippen molar-refractivity contribution < 1.29 is 18.0 Å². The van der Waals surface area contributed by atoms with E-state index >= 15 is 0 Å². The third kappa shape index (κ3) is 3.50. The lowest BCUT2D eigenvalue weighted by atomic mass is 10.1. The normalized spacial score (nSPS) is 11.7. The Kier molecular flexibility index (Phi) is 4.24. The Hall–Kier alpha value is -2.83. The lowest BCUT2D eigenvalue weighted by Crippen LogP contribution is -2.22. The number of hydrogen-bond donors (Lipinski definition) is 1. The summed E-state index contributed by atoms with van der Waals surface area (Å²) in [6.07, 6.45) is -4.41. The summed E-state index contributed by atoms with van der Waals surface area (Å²) in [6.45, 7) is 2.18. The predicted octanol–water partition coefficient (Wildman–Crippen LogP) is 3.83. The van der Waals surface area contributed by atoms with Gasteiger partial charge in [0.2, 0.25) is 0 Å². The lowest BCUT2D eigenvalue weighted by Gasteiger charge is -2.08. The molecule has 0 aliphatic carbocycles. The quantitative estimate of drug-likeness (QED) is 0.783. The second-order valence-corrected chi connectivity index (χ2v) is 5.80. The molecule has 0 radical (unpaired) electrons. The van der Waals surface area contributed by atoms with Gasteiger partial charge in [-0.2, -0.15) is 13.2 Å². The third-order valence-corrected chi connectivity index (χ3v) is 4.10. The number of fused-ring (bicyclic) bond motifs is 1. The highest BCUT2D eigenvalue weighted by Crippen LogP contribution is 2.29. The van der Waals surface area contributed by atoms with E-state index in [0.717, 1.165) is 34.6 Å². The van der Waals surface area contributed by atoms with Crippen LogP contribution in [0.2, 0.25) is 0 Å².